The van der Waals surface area contributed by atoms with Crippen molar-refractivity contribution in [2.24, 2.45) is 11.8 Å². The molecule has 2 heterocycles. The first-order chi connectivity index (χ1) is 8.81. The average Bonchev–Trinajstić information content (AvgIpc) is 2.82. The van der Waals surface area contributed by atoms with Crippen LogP contribution in [0.15, 0.2) is 6.20 Å². The summed E-state index contributed by atoms with van der Waals surface area (Å²) in [6, 6.07) is 3.01. The highest BCUT2D eigenvalue weighted by Crippen LogP contribution is 2.37. The van der Waals surface area contributed by atoms with Crippen molar-refractivity contribution in [3.8, 4) is 6.07 Å². The topological polar surface area (TPSA) is 55.7 Å². The largest absolute Gasteiger partial charge is 0.300 e. The van der Waals surface area contributed by atoms with E-state index in [0.717, 1.165) is 25.9 Å². The first-order valence-electron chi connectivity index (χ1n) is 6.94. The zero-order valence-electron chi connectivity index (χ0n) is 10.9. The molecule has 3 rings (SSSR count). The molecule has 1 aliphatic carbocycles. The molecule has 96 valence electrons. The molecule has 1 aliphatic heterocycles. The molecule has 1 aromatic rings. The van der Waals surface area contributed by atoms with Crippen molar-refractivity contribution in [3.05, 3.63) is 17.5 Å². The standard InChI is InChI=1S/C14H20N4/c1-2-18-9-10(3-4-15)5-11-6-13-12(7-14(11)18)8-16-17-13/h8,10-11,14H,2-3,5-7,9H2,1H3,(H,16,17)/t10-,11-,14?/m1/s1. The number of H-pyrrole nitrogens is 1. The van der Waals surface area contributed by atoms with Gasteiger partial charge in [0.2, 0.25) is 0 Å². The molecule has 1 saturated heterocycles. The highest BCUT2D eigenvalue weighted by Gasteiger charge is 2.38. The maximum absolute atomic E-state index is 8.91. The third kappa shape index (κ3) is 1.93. The Labute approximate surface area is 108 Å². The minimum absolute atomic E-state index is 0.556. The Morgan fingerprint density at radius 2 is 2.44 bits per heavy atom. The molecule has 0 bridgehead atoms. The lowest BCUT2D eigenvalue weighted by Gasteiger charge is -2.46. The molecule has 18 heavy (non-hydrogen) atoms. The molecule has 0 radical (unpaired) electrons. The van der Waals surface area contributed by atoms with Gasteiger partial charge in [0.25, 0.3) is 0 Å². The van der Waals surface area contributed by atoms with E-state index < -0.39 is 0 Å². The minimum atomic E-state index is 0.556. The average molecular weight is 244 g/mol. The quantitative estimate of drug-likeness (QED) is 0.862. The summed E-state index contributed by atoms with van der Waals surface area (Å²) in [6.07, 6.45) is 6.13. The fourth-order valence-corrected chi connectivity index (χ4v) is 3.76. The van der Waals surface area contributed by atoms with Crippen molar-refractivity contribution in [2.75, 3.05) is 13.1 Å². The van der Waals surface area contributed by atoms with Crippen LogP contribution in [0.3, 0.4) is 0 Å². The van der Waals surface area contributed by atoms with Crippen LogP contribution >= 0.6 is 0 Å². The summed E-state index contributed by atoms with van der Waals surface area (Å²) in [5.41, 5.74) is 2.72. The van der Waals surface area contributed by atoms with Crippen molar-refractivity contribution < 1.29 is 0 Å². The number of nitrogens with zero attached hydrogens (tertiary/aromatic N) is 3. The second-order valence-electron chi connectivity index (χ2n) is 5.66. The van der Waals surface area contributed by atoms with Crippen LogP contribution in [0, 0.1) is 23.2 Å². The molecule has 2 aliphatic rings. The molecule has 4 heteroatoms. The number of aromatic nitrogens is 2. The van der Waals surface area contributed by atoms with Gasteiger partial charge in [-0.1, -0.05) is 6.92 Å². The fourth-order valence-electron chi connectivity index (χ4n) is 3.76. The maximum atomic E-state index is 8.91. The van der Waals surface area contributed by atoms with Gasteiger partial charge < -0.3 is 0 Å². The molecule has 0 saturated carbocycles. The minimum Gasteiger partial charge on any atom is -0.300 e. The van der Waals surface area contributed by atoms with Crippen LogP contribution in [0.1, 0.15) is 31.0 Å². The van der Waals surface area contributed by atoms with Gasteiger partial charge in [-0.25, -0.2) is 0 Å². The number of nitriles is 1. The molecule has 0 amide bonds. The Bertz CT molecular complexity index is 459. The smallest absolute Gasteiger partial charge is 0.0625 e. The van der Waals surface area contributed by atoms with Gasteiger partial charge in [0.15, 0.2) is 0 Å². The predicted octanol–water partition coefficient (Wildman–Crippen LogP) is 1.75. The van der Waals surface area contributed by atoms with Crippen LogP contribution < -0.4 is 0 Å². The molecule has 0 spiro atoms. The summed E-state index contributed by atoms with van der Waals surface area (Å²) in [5.74, 6) is 1.26. The normalized spacial score (nSPS) is 31.4. The van der Waals surface area contributed by atoms with E-state index in [9.17, 15) is 0 Å². The second kappa shape index (κ2) is 4.74. The highest BCUT2D eigenvalue weighted by atomic mass is 15.2. The summed E-state index contributed by atoms with van der Waals surface area (Å²) in [5, 5.41) is 16.2. The molecule has 1 aromatic heterocycles. The third-order valence-corrected chi connectivity index (χ3v) is 4.63. The number of rotatable bonds is 2. The Morgan fingerprint density at radius 3 is 3.22 bits per heavy atom. The highest BCUT2D eigenvalue weighted by molar-refractivity contribution is 5.23. The second-order valence-corrected chi connectivity index (χ2v) is 5.66. The van der Waals surface area contributed by atoms with Crippen LogP contribution in [0.4, 0.5) is 0 Å². The SMILES string of the molecule is CCN1C[C@H](CC#N)C[C@@H]2Cc3[nH]ncc3CC21. The molecular weight excluding hydrogens is 224 g/mol. The van der Waals surface area contributed by atoms with E-state index in [4.69, 9.17) is 5.26 Å². The number of aromatic amines is 1. The number of likely N-dealkylation sites (N-methyl/N-ethyl adjacent to an activating group) is 1. The van der Waals surface area contributed by atoms with Gasteiger partial charge in [0, 0.05) is 24.7 Å². The lowest BCUT2D eigenvalue weighted by molar-refractivity contribution is 0.0545. The van der Waals surface area contributed by atoms with Crippen LogP contribution in [0.5, 0.6) is 0 Å². The van der Waals surface area contributed by atoms with Gasteiger partial charge in [0.05, 0.1) is 12.3 Å². The summed E-state index contributed by atoms with van der Waals surface area (Å²) < 4.78 is 0. The van der Waals surface area contributed by atoms with Crippen LogP contribution in [0.2, 0.25) is 0 Å². The van der Waals surface area contributed by atoms with E-state index in [0.29, 0.717) is 24.3 Å². The van der Waals surface area contributed by atoms with E-state index in [1.165, 1.54) is 17.7 Å². The lowest BCUT2D eigenvalue weighted by Crippen LogP contribution is -2.51. The molecular formula is C14H20N4. The van der Waals surface area contributed by atoms with Crippen molar-refractivity contribution in [1.29, 1.82) is 5.26 Å². The Balaban J connectivity index is 1.82. The van der Waals surface area contributed by atoms with Crippen LogP contribution in [-0.4, -0.2) is 34.2 Å². The maximum Gasteiger partial charge on any atom is 0.0625 e. The van der Waals surface area contributed by atoms with Gasteiger partial charge in [-0.15, -0.1) is 0 Å². The summed E-state index contributed by atoms with van der Waals surface area (Å²) >= 11 is 0. The molecule has 1 N–H and O–H groups in total. The van der Waals surface area contributed by atoms with Gasteiger partial charge in [0.1, 0.15) is 0 Å². The van der Waals surface area contributed by atoms with Crippen molar-refractivity contribution >= 4 is 0 Å². The molecule has 3 atom stereocenters. The Morgan fingerprint density at radius 1 is 1.56 bits per heavy atom. The van der Waals surface area contributed by atoms with Crippen LogP contribution in [0.25, 0.3) is 0 Å². The molecule has 1 fully saturated rings. The van der Waals surface area contributed by atoms with Crippen molar-refractivity contribution in [1.82, 2.24) is 15.1 Å². The van der Waals surface area contributed by atoms with E-state index in [2.05, 4.69) is 28.1 Å². The fraction of sp³-hybridized carbons (Fsp3) is 0.714. The molecule has 1 unspecified atom stereocenters. The van der Waals surface area contributed by atoms with Gasteiger partial charge in [-0.05, 0) is 43.2 Å². The molecule has 4 nitrogen and oxygen atoms in total. The van der Waals surface area contributed by atoms with E-state index in [1.54, 1.807) is 0 Å². The Kier molecular flexibility index (Phi) is 3.09. The van der Waals surface area contributed by atoms with Gasteiger partial charge in [-0.3, -0.25) is 10.00 Å². The lowest BCUT2D eigenvalue weighted by atomic mass is 9.74. The number of piperidine rings is 1. The first-order valence-corrected chi connectivity index (χ1v) is 6.94. The van der Waals surface area contributed by atoms with Crippen molar-refractivity contribution in [3.63, 3.8) is 0 Å². The zero-order valence-corrected chi connectivity index (χ0v) is 10.9. The van der Waals surface area contributed by atoms with Crippen molar-refractivity contribution in [2.45, 2.75) is 38.6 Å². The Hall–Kier alpha value is -1.34. The monoisotopic (exact) mass is 244 g/mol. The summed E-state index contributed by atoms with van der Waals surface area (Å²) in [4.78, 5) is 2.58. The van der Waals surface area contributed by atoms with E-state index in [1.807, 2.05) is 6.20 Å². The van der Waals surface area contributed by atoms with Gasteiger partial charge >= 0.3 is 0 Å². The van der Waals surface area contributed by atoms with Gasteiger partial charge in [-0.2, -0.15) is 10.4 Å². The summed E-state index contributed by atoms with van der Waals surface area (Å²) in [7, 11) is 0. The summed E-state index contributed by atoms with van der Waals surface area (Å²) in [6.45, 7) is 4.42. The zero-order chi connectivity index (χ0) is 12.5. The molecule has 0 aromatic carbocycles. The van der Waals surface area contributed by atoms with E-state index in [-0.39, 0.29) is 0 Å². The number of hydrogen-bond donors (Lipinski definition) is 1. The first kappa shape index (κ1) is 11.7. The number of hydrogen-bond acceptors (Lipinski definition) is 3. The third-order valence-electron chi connectivity index (χ3n) is 4.63. The number of fused-ring (bicyclic) bond motifs is 2. The number of likely N-dealkylation sites (tertiary alicyclic amines) is 1. The van der Waals surface area contributed by atoms with Crippen LogP contribution in [-0.2, 0) is 12.8 Å². The van der Waals surface area contributed by atoms with E-state index >= 15 is 0 Å². The number of nitrogens with one attached hydrogen (secondary N) is 1. The predicted molar refractivity (Wildman–Crippen MR) is 68.9 cm³/mol.